The Morgan fingerprint density at radius 3 is 2.61 bits per heavy atom. The molecule has 0 saturated heterocycles. The van der Waals surface area contributed by atoms with Gasteiger partial charge in [-0.2, -0.15) is 16.9 Å². The average molecular weight is 329 g/mol. The first kappa shape index (κ1) is 16.1. The van der Waals surface area contributed by atoms with Gasteiger partial charge in [-0.05, 0) is 37.1 Å². The maximum absolute atomic E-state index is 12.5. The predicted octanol–water partition coefficient (Wildman–Crippen LogP) is 4.22. The van der Waals surface area contributed by atoms with Crippen molar-refractivity contribution in [2.24, 2.45) is 5.41 Å². The molecule has 0 atom stereocenters. The smallest absolute Gasteiger partial charge is 0.230 e. The zero-order valence-corrected chi connectivity index (χ0v) is 15.2. The number of nitrogens with zero attached hydrogens (tertiary/aromatic N) is 2. The van der Waals surface area contributed by atoms with Gasteiger partial charge in [-0.1, -0.05) is 26.8 Å². The lowest BCUT2D eigenvalue weighted by Gasteiger charge is -2.19. The lowest BCUT2D eigenvalue weighted by molar-refractivity contribution is -0.123. The number of aryl methyl sites for hydroxylation is 2. The van der Waals surface area contributed by atoms with E-state index in [1.54, 1.807) is 0 Å². The van der Waals surface area contributed by atoms with Crippen LogP contribution in [0.5, 0.6) is 0 Å². The van der Waals surface area contributed by atoms with E-state index < -0.39 is 5.41 Å². The molecule has 122 valence electrons. The number of amides is 1. The van der Waals surface area contributed by atoms with E-state index >= 15 is 0 Å². The van der Waals surface area contributed by atoms with Gasteiger partial charge in [0.15, 0.2) is 0 Å². The van der Waals surface area contributed by atoms with E-state index in [1.807, 2.05) is 37.2 Å². The number of fused-ring (bicyclic) bond motifs is 1. The number of anilines is 1. The molecule has 0 radical (unpaired) electrons. The molecule has 1 aliphatic heterocycles. The summed E-state index contributed by atoms with van der Waals surface area (Å²) in [6, 6.07) is 6.28. The lowest BCUT2D eigenvalue weighted by atomic mass is 9.95. The van der Waals surface area contributed by atoms with Crippen LogP contribution in [0.1, 0.15) is 43.2 Å². The molecule has 0 unspecified atom stereocenters. The third kappa shape index (κ3) is 3.02. The Labute approximate surface area is 141 Å². The van der Waals surface area contributed by atoms with Crippen molar-refractivity contribution in [1.29, 1.82) is 0 Å². The Hall–Kier alpha value is -1.75. The fourth-order valence-electron chi connectivity index (χ4n) is 2.48. The number of hydrogen-bond acceptors (Lipinski definition) is 3. The largest absolute Gasteiger partial charge is 0.310 e. The van der Waals surface area contributed by atoms with Crippen LogP contribution in [0.25, 0.3) is 5.69 Å². The van der Waals surface area contributed by atoms with E-state index in [-0.39, 0.29) is 5.91 Å². The quantitative estimate of drug-likeness (QED) is 0.897. The topological polar surface area (TPSA) is 46.9 Å². The summed E-state index contributed by atoms with van der Waals surface area (Å²) in [7, 11) is 0. The highest BCUT2D eigenvalue weighted by Gasteiger charge is 2.28. The number of nitrogens with one attached hydrogen (secondary N) is 1. The first-order valence-corrected chi connectivity index (χ1v) is 9.00. The van der Waals surface area contributed by atoms with Crippen molar-refractivity contribution >= 4 is 23.5 Å². The summed E-state index contributed by atoms with van der Waals surface area (Å²) in [4.78, 5) is 12.5. The van der Waals surface area contributed by atoms with Gasteiger partial charge in [0, 0.05) is 22.5 Å². The van der Waals surface area contributed by atoms with Crippen molar-refractivity contribution in [3.05, 3.63) is 40.6 Å². The number of benzene rings is 1. The van der Waals surface area contributed by atoms with Crippen LogP contribution in [0.3, 0.4) is 0 Å². The minimum absolute atomic E-state index is 0.0159. The van der Waals surface area contributed by atoms with Gasteiger partial charge in [0.1, 0.15) is 5.82 Å². The summed E-state index contributed by atoms with van der Waals surface area (Å²) in [5.41, 5.74) is 5.28. The third-order valence-electron chi connectivity index (χ3n) is 4.20. The molecule has 4 nitrogen and oxygen atoms in total. The van der Waals surface area contributed by atoms with E-state index in [0.717, 1.165) is 34.3 Å². The highest BCUT2D eigenvalue weighted by Crippen LogP contribution is 2.36. The summed E-state index contributed by atoms with van der Waals surface area (Å²) < 4.78 is 1.89. The lowest BCUT2D eigenvalue weighted by Crippen LogP contribution is -2.29. The molecule has 1 amide bonds. The normalized spacial score (nSPS) is 14.0. The Morgan fingerprint density at radius 1 is 1.22 bits per heavy atom. The molecule has 0 aliphatic carbocycles. The molecule has 1 aromatic heterocycles. The van der Waals surface area contributed by atoms with Crippen molar-refractivity contribution in [2.75, 3.05) is 5.32 Å². The molecule has 23 heavy (non-hydrogen) atoms. The molecule has 0 fully saturated rings. The van der Waals surface area contributed by atoms with Gasteiger partial charge in [0.25, 0.3) is 0 Å². The molecule has 2 heterocycles. The maximum Gasteiger partial charge on any atom is 0.230 e. The van der Waals surface area contributed by atoms with Crippen LogP contribution in [0, 0.1) is 19.3 Å². The van der Waals surface area contributed by atoms with Crippen LogP contribution in [0.2, 0.25) is 0 Å². The average Bonchev–Trinajstić information content (AvgIpc) is 3.03. The second-order valence-electron chi connectivity index (χ2n) is 7.15. The van der Waals surface area contributed by atoms with Crippen LogP contribution >= 0.6 is 11.8 Å². The zero-order chi connectivity index (χ0) is 16.8. The number of carbonyl (C=O) groups excluding carboxylic acids is 1. The fourth-order valence-corrected chi connectivity index (χ4v) is 3.52. The molecular formula is C18H23N3OS. The van der Waals surface area contributed by atoms with Crippen LogP contribution < -0.4 is 5.32 Å². The Bertz CT molecular complexity index is 771. The zero-order valence-electron chi connectivity index (χ0n) is 14.4. The monoisotopic (exact) mass is 329 g/mol. The number of thioether (sulfide) groups is 1. The molecule has 1 N–H and O–H groups in total. The summed E-state index contributed by atoms with van der Waals surface area (Å²) in [5, 5.41) is 7.86. The molecule has 0 spiro atoms. The van der Waals surface area contributed by atoms with Crippen molar-refractivity contribution in [3.63, 3.8) is 0 Å². The van der Waals surface area contributed by atoms with Gasteiger partial charge >= 0.3 is 0 Å². The first-order valence-electron chi connectivity index (χ1n) is 7.85. The van der Waals surface area contributed by atoms with Gasteiger partial charge in [0.05, 0.1) is 11.4 Å². The SMILES string of the molecule is Cc1ccc(-n2nc3c(c2NC(=O)C(C)(C)C)CSC3)cc1C. The second kappa shape index (κ2) is 5.71. The van der Waals surface area contributed by atoms with Crippen molar-refractivity contribution in [3.8, 4) is 5.69 Å². The highest BCUT2D eigenvalue weighted by molar-refractivity contribution is 7.98. The van der Waals surface area contributed by atoms with E-state index in [0.29, 0.717) is 0 Å². The predicted molar refractivity (Wildman–Crippen MR) is 96.1 cm³/mol. The minimum Gasteiger partial charge on any atom is -0.310 e. The Kier molecular flexibility index (Phi) is 4.00. The molecule has 0 saturated carbocycles. The highest BCUT2D eigenvalue weighted by atomic mass is 32.2. The van der Waals surface area contributed by atoms with Crippen molar-refractivity contribution in [1.82, 2.24) is 9.78 Å². The Balaban J connectivity index is 2.07. The summed E-state index contributed by atoms with van der Waals surface area (Å²) in [6.07, 6.45) is 0. The Morgan fingerprint density at radius 2 is 1.96 bits per heavy atom. The minimum atomic E-state index is -0.434. The van der Waals surface area contributed by atoms with E-state index in [2.05, 4.69) is 37.4 Å². The first-order chi connectivity index (χ1) is 10.8. The summed E-state index contributed by atoms with van der Waals surface area (Å²) in [5.74, 6) is 2.65. The van der Waals surface area contributed by atoms with E-state index in [1.165, 1.54) is 11.1 Å². The van der Waals surface area contributed by atoms with Crippen LogP contribution in [-0.2, 0) is 16.3 Å². The standard InChI is InChI=1S/C18H23N3OS/c1-11-6-7-13(8-12(11)2)21-16(19-17(22)18(3,4)5)14-9-23-10-15(14)20-21/h6-8H,9-10H2,1-5H3,(H,19,22). The number of aromatic nitrogens is 2. The van der Waals surface area contributed by atoms with Crippen LogP contribution in [0.4, 0.5) is 5.82 Å². The van der Waals surface area contributed by atoms with Gasteiger partial charge in [0.2, 0.25) is 5.91 Å². The third-order valence-corrected chi connectivity index (χ3v) is 5.17. The van der Waals surface area contributed by atoms with Crippen molar-refractivity contribution < 1.29 is 4.79 Å². The summed E-state index contributed by atoms with van der Waals surface area (Å²) in [6.45, 7) is 9.97. The molecule has 3 rings (SSSR count). The van der Waals surface area contributed by atoms with E-state index in [9.17, 15) is 4.79 Å². The molecule has 5 heteroatoms. The second-order valence-corrected chi connectivity index (χ2v) is 8.14. The number of hydrogen-bond donors (Lipinski definition) is 1. The molecule has 0 bridgehead atoms. The van der Waals surface area contributed by atoms with Gasteiger partial charge in [-0.25, -0.2) is 4.68 Å². The molecule has 1 aliphatic rings. The molecule has 1 aromatic carbocycles. The van der Waals surface area contributed by atoms with E-state index in [4.69, 9.17) is 5.10 Å². The molecule has 2 aromatic rings. The fraction of sp³-hybridized carbons (Fsp3) is 0.444. The maximum atomic E-state index is 12.5. The van der Waals surface area contributed by atoms with Gasteiger partial charge in [-0.3, -0.25) is 4.79 Å². The van der Waals surface area contributed by atoms with Gasteiger partial charge in [-0.15, -0.1) is 0 Å². The number of carbonyl (C=O) groups is 1. The number of rotatable bonds is 2. The van der Waals surface area contributed by atoms with Crippen molar-refractivity contribution in [2.45, 2.75) is 46.1 Å². The van der Waals surface area contributed by atoms with Crippen LogP contribution in [0.15, 0.2) is 18.2 Å². The molecular weight excluding hydrogens is 306 g/mol. The summed E-state index contributed by atoms with van der Waals surface area (Å²) >= 11 is 1.84. The van der Waals surface area contributed by atoms with Crippen LogP contribution in [-0.4, -0.2) is 15.7 Å². The van der Waals surface area contributed by atoms with Gasteiger partial charge < -0.3 is 5.32 Å².